The summed E-state index contributed by atoms with van der Waals surface area (Å²) in [7, 11) is 0. The fraction of sp³-hybridized carbons (Fsp3) is 0.524. The lowest BCUT2D eigenvalue weighted by molar-refractivity contribution is -0.200. The average Bonchev–Trinajstić information content (AvgIpc) is 3.33. The second-order valence-corrected chi connectivity index (χ2v) is 8.96. The molecule has 2 fully saturated rings. The van der Waals surface area contributed by atoms with Gasteiger partial charge in [-0.05, 0) is 67.6 Å². The van der Waals surface area contributed by atoms with Crippen LogP contribution >= 0.6 is 11.3 Å². The summed E-state index contributed by atoms with van der Waals surface area (Å²) in [5.41, 5.74) is 0.288. The summed E-state index contributed by atoms with van der Waals surface area (Å²) in [5, 5.41) is 3.03. The summed E-state index contributed by atoms with van der Waals surface area (Å²) in [5.74, 6) is -0.0256. The second kappa shape index (κ2) is 7.76. The molecule has 1 spiro atoms. The molecule has 2 aromatic rings. The normalized spacial score (nSPS) is 20.0. The van der Waals surface area contributed by atoms with Crippen LogP contribution < -0.4 is 0 Å². The van der Waals surface area contributed by atoms with E-state index < -0.39 is 18.4 Å². The van der Waals surface area contributed by atoms with Crippen molar-refractivity contribution in [1.82, 2.24) is 9.80 Å². The van der Waals surface area contributed by atoms with Crippen LogP contribution in [-0.4, -0.2) is 59.3 Å². The zero-order chi connectivity index (χ0) is 21.5. The number of hydrogen-bond acceptors (Lipinski definition) is 4. The quantitative estimate of drug-likeness (QED) is 0.656. The first kappa shape index (κ1) is 21.0. The highest BCUT2D eigenvalue weighted by Gasteiger charge is 2.47. The first-order chi connectivity index (χ1) is 14.2. The van der Waals surface area contributed by atoms with Gasteiger partial charge < -0.3 is 14.5 Å². The number of halogens is 3. The van der Waals surface area contributed by atoms with E-state index in [0.29, 0.717) is 24.9 Å². The zero-order valence-corrected chi connectivity index (χ0v) is 17.4. The van der Waals surface area contributed by atoms with Crippen molar-refractivity contribution in [3.8, 4) is 0 Å². The Morgan fingerprint density at radius 1 is 1.13 bits per heavy atom. The van der Waals surface area contributed by atoms with Gasteiger partial charge in [-0.2, -0.15) is 13.2 Å². The first-order valence-electron chi connectivity index (χ1n) is 10.0. The lowest BCUT2D eigenvalue weighted by atomic mass is 9.84. The van der Waals surface area contributed by atoms with Crippen molar-refractivity contribution in [3.63, 3.8) is 0 Å². The molecule has 2 aliphatic heterocycles. The minimum atomic E-state index is -4.58. The van der Waals surface area contributed by atoms with Crippen LogP contribution in [0.5, 0.6) is 0 Å². The minimum absolute atomic E-state index is 0.0256. The number of carbonyl (C=O) groups is 2. The smallest absolute Gasteiger partial charge is 0.425 e. The molecule has 0 N–H and O–H groups in total. The van der Waals surface area contributed by atoms with Crippen molar-refractivity contribution in [3.05, 3.63) is 35.2 Å². The monoisotopic (exact) mass is 440 g/mol. The number of nitrogens with zero attached hydrogens (tertiary/aromatic N) is 2. The van der Waals surface area contributed by atoms with Crippen molar-refractivity contribution in [2.24, 2.45) is 0 Å². The van der Waals surface area contributed by atoms with Crippen LogP contribution in [0.1, 0.15) is 43.0 Å². The van der Waals surface area contributed by atoms with Crippen molar-refractivity contribution in [1.29, 1.82) is 0 Å². The van der Waals surface area contributed by atoms with E-state index in [4.69, 9.17) is 0 Å². The molecule has 0 saturated carbocycles. The second-order valence-electron chi connectivity index (χ2n) is 8.01. The topological polar surface area (TPSA) is 49.9 Å². The van der Waals surface area contributed by atoms with E-state index in [1.54, 1.807) is 11.3 Å². The van der Waals surface area contributed by atoms with E-state index in [2.05, 4.69) is 4.74 Å². The molecule has 3 heterocycles. The average molecular weight is 440 g/mol. The van der Waals surface area contributed by atoms with Gasteiger partial charge >= 0.3 is 12.3 Å². The number of amides is 2. The third-order valence-corrected chi connectivity index (χ3v) is 7.13. The van der Waals surface area contributed by atoms with E-state index in [1.807, 2.05) is 34.5 Å². The Kier molecular flexibility index (Phi) is 5.42. The fourth-order valence-corrected chi connectivity index (χ4v) is 5.20. The highest BCUT2D eigenvalue weighted by molar-refractivity contribution is 7.17. The molecule has 4 rings (SSSR count). The van der Waals surface area contributed by atoms with Crippen LogP contribution in [0.15, 0.2) is 29.6 Å². The Hall–Kier alpha value is -2.29. The van der Waals surface area contributed by atoms with Gasteiger partial charge in [0.2, 0.25) is 0 Å². The molecular formula is C21H23F3N2O3S. The highest BCUT2D eigenvalue weighted by Crippen LogP contribution is 2.40. The third kappa shape index (κ3) is 3.87. The molecule has 1 unspecified atom stereocenters. The SMILES string of the molecule is CC(OC(=O)N1CCC2(CCCN2C(=O)c2ccc3sccc3c2)CC1)C(F)(F)F. The van der Waals surface area contributed by atoms with Gasteiger partial charge in [-0.1, -0.05) is 0 Å². The van der Waals surface area contributed by atoms with Gasteiger partial charge in [0, 0.05) is 35.4 Å². The molecule has 1 aromatic heterocycles. The molecule has 162 valence electrons. The van der Waals surface area contributed by atoms with Crippen molar-refractivity contribution >= 4 is 33.4 Å². The molecule has 1 aromatic carbocycles. The van der Waals surface area contributed by atoms with Crippen LogP contribution in [0.2, 0.25) is 0 Å². The van der Waals surface area contributed by atoms with Gasteiger partial charge in [-0.25, -0.2) is 4.79 Å². The number of piperidine rings is 1. The minimum Gasteiger partial charge on any atom is -0.437 e. The first-order valence-corrected chi connectivity index (χ1v) is 10.9. The molecular weight excluding hydrogens is 417 g/mol. The number of benzene rings is 1. The van der Waals surface area contributed by atoms with E-state index in [-0.39, 0.29) is 24.5 Å². The number of rotatable bonds is 2. The van der Waals surface area contributed by atoms with E-state index >= 15 is 0 Å². The molecule has 9 heteroatoms. The summed E-state index contributed by atoms with van der Waals surface area (Å²) in [6, 6.07) is 7.70. The van der Waals surface area contributed by atoms with Crippen LogP contribution in [0, 0.1) is 0 Å². The summed E-state index contributed by atoms with van der Waals surface area (Å²) in [6.07, 6.45) is -4.89. The lowest BCUT2D eigenvalue weighted by Crippen LogP contribution is -2.55. The van der Waals surface area contributed by atoms with Crippen LogP contribution in [0.4, 0.5) is 18.0 Å². The van der Waals surface area contributed by atoms with Crippen molar-refractivity contribution in [2.45, 2.75) is 50.4 Å². The Morgan fingerprint density at radius 2 is 1.87 bits per heavy atom. The molecule has 5 nitrogen and oxygen atoms in total. The maximum atomic E-state index is 13.3. The molecule has 30 heavy (non-hydrogen) atoms. The van der Waals surface area contributed by atoms with E-state index in [0.717, 1.165) is 29.9 Å². The summed E-state index contributed by atoms with van der Waals surface area (Å²) >= 11 is 1.63. The Morgan fingerprint density at radius 3 is 2.57 bits per heavy atom. The van der Waals surface area contributed by atoms with Gasteiger partial charge in [0.25, 0.3) is 5.91 Å². The van der Waals surface area contributed by atoms with Gasteiger partial charge in [-0.15, -0.1) is 11.3 Å². The molecule has 2 saturated heterocycles. The highest BCUT2D eigenvalue weighted by atomic mass is 32.1. The Bertz CT molecular complexity index is 950. The Balaban J connectivity index is 1.43. The molecule has 0 bridgehead atoms. The number of carbonyl (C=O) groups excluding carboxylic acids is 2. The third-order valence-electron chi connectivity index (χ3n) is 6.23. The molecule has 2 aliphatic rings. The number of alkyl halides is 3. The summed E-state index contributed by atoms with van der Waals surface area (Å²) < 4.78 is 43.7. The maximum Gasteiger partial charge on any atom is 0.425 e. The number of ether oxygens (including phenoxy) is 1. The molecule has 0 radical (unpaired) electrons. The van der Waals surface area contributed by atoms with Crippen molar-refractivity contribution in [2.75, 3.05) is 19.6 Å². The van der Waals surface area contributed by atoms with Gasteiger partial charge in [-0.3, -0.25) is 4.79 Å². The Labute approximate surface area is 176 Å². The molecule has 2 amide bonds. The van der Waals surface area contributed by atoms with E-state index in [9.17, 15) is 22.8 Å². The predicted octanol–water partition coefficient (Wildman–Crippen LogP) is 5.06. The zero-order valence-electron chi connectivity index (χ0n) is 16.6. The predicted molar refractivity (Wildman–Crippen MR) is 108 cm³/mol. The summed E-state index contributed by atoms with van der Waals surface area (Å²) in [6.45, 7) is 2.02. The van der Waals surface area contributed by atoms with Crippen LogP contribution in [0.25, 0.3) is 10.1 Å². The lowest BCUT2D eigenvalue weighted by Gasteiger charge is -2.44. The number of likely N-dealkylation sites (tertiary alicyclic amines) is 2. The van der Waals surface area contributed by atoms with Gasteiger partial charge in [0.05, 0.1) is 0 Å². The number of thiophene rings is 1. The molecule has 0 aliphatic carbocycles. The van der Waals surface area contributed by atoms with E-state index in [1.165, 1.54) is 4.90 Å². The largest absolute Gasteiger partial charge is 0.437 e. The number of hydrogen-bond donors (Lipinski definition) is 0. The van der Waals surface area contributed by atoms with Crippen molar-refractivity contribution < 1.29 is 27.5 Å². The fourth-order valence-electron chi connectivity index (χ4n) is 4.43. The van der Waals surface area contributed by atoms with Gasteiger partial charge in [0.15, 0.2) is 6.10 Å². The standard InChI is InChI=1S/C21H23F3N2O3S/c1-14(21(22,23)24)29-19(28)25-10-7-20(8-11-25)6-2-9-26(20)18(27)16-3-4-17-15(13-16)5-12-30-17/h3-5,12-14H,2,6-11H2,1H3. The number of fused-ring (bicyclic) bond motifs is 1. The van der Waals surface area contributed by atoms with Crippen LogP contribution in [-0.2, 0) is 4.74 Å². The summed E-state index contributed by atoms with van der Waals surface area (Å²) in [4.78, 5) is 28.6. The molecule has 1 atom stereocenters. The van der Waals surface area contributed by atoms with Gasteiger partial charge in [0.1, 0.15) is 0 Å². The maximum absolute atomic E-state index is 13.3. The van der Waals surface area contributed by atoms with Crippen LogP contribution in [0.3, 0.4) is 0 Å².